The Morgan fingerprint density at radius 2 is 1.83 bits per heavy atom. The Morgan fingerprint density at radius 3 is 2.67 bits per heavy atom. The minimum Gasteiger partial charge on any atom is -0.454 e. The molecule has 0 aliphatic carbocycles. The maximum Gasteiger partial charge on any atom is 0.254 e. The molecule has 30 heavy (non-hydrogen) atoms. The van der Waals surface area contributed by atoms with E-state index in [4.69, 9.17) is 9.47 Å². The number of anilines is 1. The molecule has 0 saturated carbocycles. The first kappa shape index (κ1) is 19.7. The molecule has 3 amide bonds. The van der Waals surface area contributed by atoms with E-state index in [2.05, 4.69) is 10.6 Å². The van der Waals surface area contributed by atoms with Crippen molar-refractivity contribution in [3.63, 3.8) is 0 Å². The normalized spacial score (nSPS) is 17.2. The van der Waals surface area contributed by atoms with Gasteiger partial charge in [-0.1, -0.05) is 12.1 Å². The zero-order valence-electron chi connectivity index (χ0n) is 16.0. The highest BCUT2D eigenvalue weighted by Crippen LogP contribution is 2.37. The Labute approximate surface area is 171 Å². The zero-order chi connectivity index (χ0) is 21.1. The van der Waals surface area contributed by atoms with Crippen LogP contribution in [0.5, 0.6) is 11.5 Å². The number of hydrogen-bond donors (Lipinski definition) is 2. The van der Waals surface area contributed by atoms with E-state index in [0.717, 1.165) is 0 Å². The second-order valence-electron chi connectivity index (χ2n) is 6.97. The Balaban J connectivity index is 1.26. The SMILES string of the molecule is O=C(NCCNC(=O)C1CC(=O)N(c2ccc3c(c2)OCO3)C1)c1ccccc1F. The van der Waals surface area contributed by atoms with Crippen LogP contribution in [-0.4, -0.2) is 44.1 Å². The van der Waals surface area contributed by atoms with Crippen LogP contribution in [0.4, 0.5) is 10.1 Å². The molecule has 0 bridgehead atoms. The van der Waals surface area contributed by atoms with Crippen LogP contribution in [0.1, 0.15) is 16.8 Å². The molecule has 0 spiro atoms. The second kappa shape index (κ2) is 8.40. The lowest BCUT2D eigenvalue weighted by molar-refractivity contribution is -0.126. The van der Waals surface area contributed by atoms with Crippen LogP contribution >= 0.6 is 0 Å². The number of benzene rings is 2. The number of carbonyl (C=O) groups is 3. The predicted octanol–water partition coefficient (Wildman–Crippen LogP) is 1.45. The molecule has 2 N–H and O–H groups in total. The summed E-state index contributed by atoms with van der Waals surface area (Å²) in [7, 11) is 0. The summed E-state index contributed by atoms with van der Waals surface area (Å²) in [5.74, 6) is -0.880. The van der Waals surface area contributed by atoms with E-state index in [1.165, 1.54) is 18.2 Å². The topological polar surface area (TPSA) is 97.0 Å². The maximum atomic E-state index is 13.6. The first-order valence-electron chi connectivity index (χ1n) is 9.53. The van der Waals surface area contributed by atoms with Crippen LogP contribution in [0.25, 0.3) is 0 Å². The molecule has 1 saturated heterocycles. The molecule has 1 atom stereocenters. The highest BCUT2D eigenvalue weighted by Gasteiger charge is 2.35. The Hall–Kier alpha value is -3.62. The van der Waals surface area contributed by atoms with E-state index in [1.54, 1.807) is 29.2 Å². The van der Waals surface area contributed by atoms with Crippen molar-refractivity contribution in [1.82, 2.24) is 10.6 Å². The number of ether oxygens (including phenoxy) is 2. The van der Waals surface area contributed by atoms with Gasteiger partial charge in [-0.3, -0.25) is 14.4 Å². The fourth-order valence-electron chi connectivity index (χ4n) is 3.43. The number of carbonyl (C=O) groups excluding carboxylic acids is 3. The van der Waals surface area contributed by atoms with Crippen LogP contribution in [-0.2, 0) is 9.59 Å². The third-order valence-electron chi connectivity index (χ3n) is 4.99. The van der Waals surface area contributed by atoms with Crippen LogP contribution in [0.15, 0.2) is 42.5 Å². The average molecular weight is 413 g/mol. The van der Waals surface area contributed by atoms with Gasteiger partial charge in [0.05, 0.1) is 11.5 Å². The molecule has 2 aromatic carbocycles. The van der Waals surface area contributed by atoms with Crippen molar-refractivity contribution in [2.45, 2.75) is 6.42 Å². The summed E-state index contributed by atoms with van der Waals surface area (Å²) in [4.78, 5) is 38.3. The average Bonchev–Trinajstić information content (AvgIpc) is 3.37. The molecule has 2 heterocycles. The maximum absolute atomic E-state index is 13.6. The molecular weight excluding hydrogens is 393 g/mol. The molecule has 4 rings (SSSR count). The van der Waals surface area contributed by atoms with E-state index < -0.39 is 17.6 Å². The van der Waals surface area contributed by atoms with Gasteiger partial charge in [0, 0.05) is 37.8 Å². The lowest BCUT2D eigenvalue weighted by Gasteiger charge is -2.17. The van der Waals surface area contributed by atoms with Gasteiger partial charge in [0.2, 0.25) is 18.6 Å². The third-order valence-corrected chi connectivity index (χ3v) is 4.99. The number of nitrogens with one attached hydrogen (secondary N) is 2. The largest absolute Gasteiger partial charge is 0.454 e. The Morgan fingerprint density at radius 1 is 1.07 bits per heavy atom. The van der Waals surface area contributed by atoms with Crippen LogP contribution in [0.3, 0.4) is 0 Å². The summed E-state index contributed by atoms with van der Waals surface area (Å²) in [5.41, 5.74) is 0.598. The molecule has 2 aromatic rings. The lowest BCUT2D eigenvalue weighted by atomic mass is 10.1. The summed E-state index contributed by atoms with van der Waals surface area (Å²) < 4.78 is 24.2. The van der Waals surface area contributed by atoms with Gasteiger partial charge in [-0.05, 0) is 24.3 Å². The van der Waals surface area contributed by atoms with Gasteiger partial charge in [-0.15, -0.1) is 0 Å². The van der Waals surface area contributed by atoms with Crippen molar-refractivity contribution in [3.05, 3.63) is 53.8 Å². The zero-order valence-corrected chi connectivity index (χ0v) is 16.0. The highest BCUT2D eigenvalue weighted by atomic mass is 19.1. The number of halogens is 1. The van der Waals surface area contributed by atoms with E-state index in [-0.39, 0.29) is 50.2 Å². The number of rotatable bonds is 6. The summed E-state index contributed by atoms with van der Waals surface area (Å²) in [6.07, 6.45) is 0.0991. The molecule has 156 valence electrons. The summed E-state index contributed by atoms with van der Waals surface area (Å²) in [6, 6.07) is 10.9. The summed E-state index contributed by atoms with van der Waals surface area (Å²) >= 11 is 0. The van der Waals surface area contributed by atoms with Gasteiger partial charge in [0.25, 0.3) is 5.91 Å². The number of fused-ring (bicyclic) bond motifs is 1. The molecule has 2 aliphatic rings. The van der Waals surface area contributed by atoms with Gasteiger partial charge in [-0.2, -0.15) is 0 Å². The highest BCUT2D eigenvalue weighted by molar-refractivity contribution is 6.00. The second-order valence-corrected chi connectivity index (χ2v) is 6.97. The monoisotopic (exact) mass is 413 g/mol. The summed E-state index contributed by atoms with van der Waals surface area (Å²) in [6.45, 7) is 0.719. The van der Waals surface area contributed by atoms with Crippen molar-refractivity contribution < 1.29 is 28.2 Å². The van der Waals surface area contributed by atoms with Gasteiger partial charge in [0.15, 0.2) is 11.5 Å². The Kier molecular flexibility index (Phi) is 5.51. The third kappa shape index (κ3) is 4.05. The van der Waals surface area contributed by atoms with Crippen molar-refractivity contribution in [3.8, 4) is 11.5 Å². The smallest absolute Gasteiger partial charge is 0.254 e. The molecule has 9 heteroatoms. The van der Waals surface area contributed by atoms with E-state index in [0.29, 0.717) is 17.2 Å². The fraction of sp³-hybridized carbons (Fsp3) is 0.286. The molecule has 8 nitrogen and oxygen atoms in total. The van der Waals surface area contributed by atoms with Crippen LogP contribution in [0.2, 0.25) is 0 Å². The molecule has 2 aliphatic heterocycles. The number of amides is 3. The van der Waals surface area contributed by atoms with Crippen LogP contribution in [0, 0.1) is 11.7 Å². The minimum absolute atomic E-state index is 0.0513. The Bertz CT molecular complexity index is 996. The summed E-state index contributed by atoms with van der Waals surface area (Å²) in [5, 5.41) is 5.27. The minimum atomic E-state index is -0.605. The standard InChI is InChI=1S/C21H20FN3O5/c22-16-4-2-1-3-15(16)21(28)24-8-7-23-20(27)13-9-19(26)25(11-13)14-5-6-17-18(10-14)30-12-29-17/h1-6,10,13H,7-9,11-12H2,(H,23,27)(H,24,28). The first-order chi connectivity index (χ1) is 14.5. The van der Waals surface area contributed by atoms with Gasteiger partial charge in [0.1, 0.15) is 5.82 Å². The number of hydrogen-bond acceptors (Lipinski definition) is 5. The molecule has 1 unspecified atom stereocenters. The first-order valence-corrected chi connectivity index (χ1v) is 9.53. The molecule has 0 radical (unpaired) electrons. The van der Waals surface area contributed by atoms with Gasteiger partial charge < -0.3 is 25.0 Å². The van der Waals surface area contributed by atoms with Crippen LogP contribution < -0.4 is 25.0 Å². The predicted molar refractivity (Wildman–Crippen MR) is 105 cm³/mol. The number of nitrogens with zero attached hydrogens (tertiary/aromatic N) is 1. The molecule has 1 fully saturated rings. The van der Waals surface area contributed by atoms with Crippen molar-refractivity contribution in [2.75, 3.05) is 31.3 Å². The molecule has 0 aromatic heterocycles. The van der Waals surface area contributed by atoms with Crippen molar-refractivity contribution >= 4 is 23.4 Å². The lowest BCUT2D eigenvalue weighted by Crippen LogP contribution is -2.38. The van der Waals surface area contributed by atoms with E-state index in [9.17, 15) is 18.8 Å². The van der Waals surface area contributed by atoms with E-state index in [1.807, 2.05) is 0 Å². The quantitative estimate of drug-likeness (QED) is 0.699. The van der Waals surface area contributed by atoms with Crippen molar-refractivity contribution in [1.29, 1.82) is 0 Å². The molecular formula is C21H20FN3O5. The van der Waals surface area contributed by atoms with E-state index >= 15 is 0 Å². The fourth-order valence-corrected chi connectivity index (χ4v) is 3.43. The van der Waals surface area contributed by atoms with Gasteiger partial charge in [-0.25, -0.2) is 4.39 Å². The van der Waals surface area contributed by atoms with Crippen molar-refractivity contribution in [2.24, 2.45) is 5.92 Å². The van der Waals surface area contributed by atoms with Gasteiger partial charge >= 0.3 is 0 Å².